The van der Waals surface area contributed by atoms with Gasteiger partial charge in [-0.3, -0.25) is 29.4 Å². The summed E-state index contributed by atoms with van der Waals surface area (Å²) >= 11 is 0. The van der Waals surface area contributed by atoms with Gasteiger partial charge in [0.15, 0.2) is 5.96 Å². The predicted octanol–water partition coefficient (Wildman–Crippen LogP) is -2.71. The number of para-hydroxylation sites is 1. The minimum Gasteiger partial charge on any atom is -0.480 e. The number of hydrogen-bond acceptors (Lipinski definition) is 10. The van der Waals surface area contributed by atoms with Gasteiger partial charge in [0, 0.05) is 49.2 Å². The lowest BCUT2D eigenvalue weighted by Gasteiger charge is -2.29. The largest absolute Gasteiger partial charge is 0.480 e. The number of imidazole rings is 1. The Bertz CT molecular complexity index is 1800. The second-order valence-electron chi connectivity index (χ2n) is 13.0. The third kappa shape index (κ3) is 11.0. The molecule has 1 aromatic carbocycles. The molecule has 6 atom stereocenters. The molecule has 54 heavy (non-hydrogen) atoms. The number of aromatic amines is 2. The van der Waals surface area contributed by atoms with E-state index in [4.69, 9.17) is 16.9 Å². The summed E-state index contributed by atoms with van der Waals surface area (Å²) in [7, 11) is 0. The number of carboxylic acid groups (broad SMARTS) is 1. The minimum atomic E-state index is -1.28. The molecule has 0 bridgehead atoms. The summed E-state index contributed by atoms with van der Waals surface area (Å²) in [5, 5.41) is 40.3. The van der Waals surface area contributed by atoms with Gasteiger partial charge in [-0.25, -0.2) is 9.78 Å². The summed E-state index contributed by atoms with van der Waals surface area (Å²) in [6.07, 6.45) is 5.47. The van der Waals surface area contributed by atoms with Crippen molar-refractivity contribution < 1.29 is 39.0 Å². The average Bonchev–Trinajstić information content (AvgIpc) is 3.93. The highest BCUT2D eigenvalue weighted by atomic mass is 16.4. The van der Waals surface area contributed by atoms with E-state index in [9.17, 15) is 39.0 Å². The van der Waals surface area contributed by atoms with Crippen molar-refractivity contribution in [3.8, 4) is 0 Å². The standard InChI is InChI=1S/C34H48N12O8/c1-18(42-29(49)22(35)16-47)28(48)44-25(12-19-14-40-23-7-3-2-6-21(19)23)31(51)43-24(8-4-10-39-34(36)37)30(50)45-26(13-20-15-38-17-41-20)32(52)46-11-5-9-27(46)33(53)54/h2-3,6-7,14-15,17-18,22,24-27,40,47H,4-5,8-13,16,35H2,1H3,(H,38,41)(H,42,49)(H,43,51)(H,44,48)(H,45,50)(H,53,54)(H4,36,37,39)/t18-,22-,24-,25-,26-,27-/m0/s1. The van der Waals surface area contributed by atoms with E-state index in [1.165, 1.54) is 24.3 Å². The van der Waals surface area contributed by atoms with Gasteiger partial charge in [-0.2, -0.15) is 0 Å². The van der Waals surface area contributed by atoms with Crippen molar-refractivity contribution >= 4 is 52.4 Å². The fourth-order valence-corrected chi connectivity index (χ4v) is 6.14. The number of hydrogen-bond donors (Lipinski definition) is 12. The van der Waals surface area contributed by atoms with Crippen LogP contribution in [0.3, 0.4) is 0 Å². The van der Waals surface area contributed by atoms with Crippen LogP contribution in [0.4, 0.5) is 0 Å². The molecule has 0 radical (unpaired) electrons. The highest BCUT2D eigenvalue weighted by Gasteiger charge is 2.39. The first-order valence-corrected chi connectivity index (χ1v) is 17.5. The fraction of sp³-hybridized carbons (Fsp3) is 0.471. The number of carbonyl (C=O) groups is 6. The van der Waals surface area contributed by atoms with Gasteiger partial charge in [-0.05, 0) is 44.2 Å². The molecule has 4 rings (SSSR count). The zero-order valence-electron chi connectivity index (χ0n) is 29.8. The summed E-state index contributed by atoms with van der Waals surface area (Å²) in [4.78, 5) is 90.8. The summed E-state index contributed by atoms with van der Waals surface area (Å²) in [6, 6.07) is 0.00371. The molecule has 1 saturated heterocycles. The number of H-pyrrole nitrogens is 2. The average molecular weight is 753 g/mol. The zero-order chi connectivity index (χ0) is 39.4. The molecule has 5 amide bonds. The Hall–Kier alpha value is -6.02. The van der Waals surface area contributed by atoms with Gasteiger partial charge >= 0.3 is 5.97 Å². The van der Waals surface area contributed by atoms with Gasteiger partial charge in [0.05, 0.1) is 18.6 Å². The molecule has 3 heterocycles. The van der Waals surface area contributed by atoms with Crippen LogP contribution in [0.15, 0.2) is 43.0 Å². The molecule has 20 nitrogen and oxygen atoms in total. The number of rotatable bonds is 19. The van der Waals surface area contributed by atoms with Gasteiger partial charge in [0.2, 0.25) is 29.5 Å². The van der Waals surface area contributed by atoms with Crippen molar-refractivity contribution in [2.75, 3.05) is 19.7 Å². The second kappa shape index (κ2) is 19.2. The molecule has 1 fully saturated rings. The van der Waals surface area contributed by atoms with E-state index in [1.54, 1.807) is 6.20 Å². The highest BCUT2D eigenvalue weighted by molar-refractivity contribution is 5.97. The number of nitrogens with one attached hydrogen (secondary N) is 8. The smallest absolute Gasteiger partial charge is 0.326 e. The van der Waals surface area contributed by atoms with Gasteiger partial charge in [-0.1, -0.05) is 18.2 Å². The molecule has 0 saturated carbocycles. The molecule has 0 unspecified atom stereocenters. The number of aliphatic hydroxyl groups excluding tert-OH is 1. The Labute approximate surface area is 310 Å². The third-order valence-electron chi connectivity index (χ3n) is 9.04. The number of aromatic nitrogens is 3. The lowest BCUT2D eigenvalue weighted by Crippen LogP contribution is -2.59. The van der Waals surface area contributed by atoms with Crippen LogP contribution in [0, 0.1) is 5.41 Å². The predicted molar refractivity (Wildman–Crippen MR) is 194 cm³/mol. The van der Waals surface area contributed by atoms with Crippen LogP contribution in [-0.2, 0) is 41.6 Å². The maximum Gasteiger partial charge on any atom is 0.326 e. The molecule has 2 aromatic heterocycles. The van der Waals surface area contributed by atoms with Crippen molar-refractivity contribution in [3.05, 3.63) is 54.2 Å². The SMILES string of the molecule is C[C@H](NC(=O)[C@@H](N)CO)C(=O)N[C@@H](Cc1c[nH]c2ccccc12)C(=O)N[C@@H](CCCNC(=N)N)C(=O)N[C@@H](Cc1c[nH]cn1)C(=O)N1CCC[C@H]1C(=O)O. The number of guanidine groups is 1. The van der Waals surface area contributed by atoms with Crippen LogP contribution in [0.25, 0.3) is 10.9 Å². The van der Waals surface area contributed by atoms with Gasteiger partial charge in [-0.15, -0.1) is 0 Å². The molecule has 0 aliphatic carbocycles. The lowest BCUT2D eigenvalue weighted by atomic mass is 10.0. The van der Waals surface area contributed by atoms with Gasteiger partial charge in [0.1, 0.15) is 36.3 Å². The molecule has 1 aliphatic rings. The van der Waals surface area contributed by atoms with E-state index in [0.717, 1.165) is 10.9 Å². The molecule has 3 aromatic rings. The van der Waals surface area contributed by atoms with Crippen LogP contribution in [0.1, 0.15) is 43.9 Å². The molecule has 20 heteroatoms. The van der Waals surface area contributed by atoms with Crippen molar-refractivity contribution in [1.82, 2.24) is 46.4 Å². The molecule has 0 spiro atoms. The Kier molecular flexibility index (Phi) is 14.5. The van der Waals surface area contributed by atoms with Crippen molar-refractivity contribution in [2.45, 2.75) is 81.7 Å². The summed E-state index contributed by atoms with van der Waals surface area (Å²) in [5.41, 5.74) is 12.9. The van der Waals surface area contributed by atoms with Crippen LogP contribution in [0.2, 0.25) is 0 Å². The molecule has 1 aliphatic heterocycles. The molecular weight excluding hydrogens is 704 g/mol. The molecule has 292 valence electrons. The Balaban J connectivity index is 1.60. The monoisotopic (exact) mass is 752 g/mol. The Morgan fingerprint density at radius 2 is 1.69 bits per heavy atom. The van der Waals surface area contributed by atoms with Crippen LogP contribution in [0.5, 0.6) is 0 Å². The number of amides is 5. The summed E-state index contributed by atoms with van der Waals surface area (Å²) in [6.45, 7) is 1.08. The normalized spacial score (nSPS) is 16.7. The fourth-order valence-electron chi connectivity index (χ4n) is 6.14. The minimum absolute atomic E-state index is 0.00188. The van der Waals surface area contributed by atoms with Crippen molar-refractivity contribution in [2.24, 2.45) is 11.5 Å². The zero-order valence-corrected chi connectivity index (χ0v) is 29.8. The number of carbonyl (C=O) groups excluding carboxylic acids is 5. The van der Waals surface area contributed by atoms with E-state index in [0.29, 0.717) is 17.7 Å². The van der Waals surface area contributed by atoms with Crippen molar-refractivity contribution in [1.29, 1.82) is 5.41 Å². The first-order valence-electron chi connectivity index (χ1n) is 17.5. The number of benzene rings is 1. The van der Waals surface area contributed by atoms with E-state index in [2.05, 4.69) is 41.5 Å². The second-order valence-corrected chi connectivity index (χ2v) is 13.0. The first kappa shape index (κ1) is 40.7. The number of fused-ring (bicyclic) bond motifs is 1. The van der Waals surface area contributed by atoms with E-state index >= 15 is 0 Å². The van der Waals surface area contributed by atoms with E-state index in [-0.39, 0.29) is 51.2 Å². The van der Waals surface area contributed by atoms with Crippen molar-refractivity contribution in [3.63, 3.8) is 0 Å². The van der Waals surface area contributed by atoms with Crippen LogP contribution in [-0.4, -0.2) is 127 Å². The number of nitrogens with zero attached hydrogens (tertiary/aromatic N) is 2. The van der Waals surface area contributed by atoms with Gasteiger partial charge < -0.3 is 63.1 Å². The summed E-state index contributed by atoms with van der Waals surface area (Å²) < 4.78 is 0. The highest BCUT2D eigenvalue weighted by Crippen LogP contribution is 2.21. The topological polar surface area (TPSA) is 327 Å². The van der Waals surface area contributed by atoms with E-state index < -0.39 is 78.4 Å². The quantitative estimate of drug-likeness (QED) is 0.0338. The lowest BCUT2D eigenvalue weighted by molar-refractivity contribution is -0.149. The maximum atomic E-state index is 14.1. The van der Waals surface area contributed by atoms with E-state index in [1.807, 2.05) is 24.3 Å². The number of nitrogens with two attached hydrogens (primary N) is 2. The number of carboxylic acids is 1. The molecular formula is C34H48N12O8. The number of aliphatic carboxylic acids is 1. The Morgan fingerprint density at radius 1 is 0.981 bits per heavy atom. The van der Waals surface area contributed by atoms with Crippen LogP contribution < -0.4 is 38.1 Å². The number of likely N-dealkylation sites (tertiary alicyclic amines) is 1. The Morgan fingerprint density at radius 3 is 2.37 bits per heavy atom. The summed E-state index contributed by atoms with van der Waals surface area (Å²) in [5.74, 6) is -5.14. The third-order valence-corrected chi connectivity index (χ3v) is 9.04. The van der Waals surface area contributed by atoms with Gasteiger partial charge in [0.25, 0.3) is 0 Å². The number of aliphatic hydroxyl groups is 1. The first-order chi connectivity index (χ1) is 25.8. The van der Waals surface area contributed by atoms with Crippen LogP contribution >= 0.6 is 0 Å². The molecule has 14 N–H and O–H groups in total. The maximum absolute atomic E-state index is 14.1.